The van der Waals surface area contributed by atoms with E-state index in [1.165, 1.54) is 40.5 Å². The maximum absolute atomic E-state index is 13.2. The van der Waals surface area contributed by atoms with E-state index in [2.05, 4.69) is 5.32 Å². The Bertz CT molecular complexity index is 1010. The van der Waals surface area contributed by atoms with Crippen molar-refractivity contribution in [3.63, 3.8) is 0 Å². The van der Waals surface area contributed by atoms with Crippen LogP contribution in [0.4, 0.5) is 10.1 Å². The second-order valence-corrected chi connectivity index (χ2v) is 6.99. The fraction of sp³-hybridized carbons (Fsp3) is 0.0476. The SMILES string of the molecule is O=C1C(Nc2ccc(F)cc2)=C(c2cccs2)C(=O)N1Cc1ccccc1. The van der Waals surface area contributed by atoms with Crippen LogP contribution in [0.3, 0.4) is 0 Å². The van der Waals surface area contributed by atoms with E-state index in [1.807, 2.05) is 47.8 Å². The standard InChI is InChI=1S/C21H15FN2O2S/c22-15-8-10-16(11-9-15)23-19-18(17-7-4-12-27-17)20(25)24(21(19)26)13-14-5-2-1-3-6-14/h1-12,23H,13H2. The van der Waals surface area contributed by atoms with E-state index in [4.69, 9.17) is 0 Å². The van der Waals surface area contributed by atoms with Gasteiger partial charge in [-0.25, -0.2) is 4.39 Å². The van der Waals surface area contributed by atoms with Crippen LogP contribution in [0.1, 0.15) is 10.4 Å². The number of halogens is 1. The molecule has 4 rings (SSSR count). The van der Waals surface area contributed by atoms with Crippen LogP contribution in [0, 0.1) is 5.82 Å². The molecule has 3 aromatic rings. The summed E-state index contributed by atoms with van der Waals surface area (Å²) in [5.41, 5.74) is 1.97. The van der Waals surface area contributed by atoms with E-state index < -0.39 is 5.91 Å². The highest BCUT2D eigenvalue weighted by Gasteiger charge is 2.39. The predicted octanol–water partition coefficient (Wildman–Crippen LogP) is 4.28. The first-order valence-corrected chi connectivity index (χ1v) is 9.22. The van der Waals surface area contributed by atoms with Gasteiger partial charge in [-0.1, -0.05) is 36.4 Å². The summed E-state index contributed by atoms with van der Waals surface area (Å²) >= 11 is 1.39. The van der Waals surface area contributed by atoms with Gasteiger partial charge < -0.3 is 5.32 Å². The molecule has 0 unspecified atom stereocenters. The Balaban J connectivity index is 1.70. The first kappa shape index (κ1) is 17.2. The molecule has 2 aromatic carbocycles. The lowest BCUT2D eigenvalue weighted by Crippen LogP contribution is -2.31. The third-order valence-electron chi connectivity index (χ3n) is 4.23. The van der Waals surface area contributed by atoms with Crippen LogP contribution < -0.4 is 5.32 Å². The van der Waals surface area contributed by atoms with Crippen LogP contribution in [0.15, 0.2) is 77.8 Å². The topological polar surface area (TPSA) is 49.4 Å². The molecule has 0 spiro atoms. The minimum absolute atomic E-state index is 0.196. The number of carbonyl (C=O) groups excluding carboxylic acids is 2. The van der Waals surface area contributed by atoms with Crippen molar-refractivity contribution in [1.29, 1.82) is 0 Å². The summed E-state index contributed by atoms with van der Waals surface area (Å²) in [6.45, 7) is 0.196. The molecule has 0 radical (unpaired) electrons. The summed E-state index contributed by atoms with van der Waals surface area (Å²) in [5, 5.41) is 4.87. The van der Waals surface area contributed by atoms with Crippen molar-refractivity contribution in [2.24, 2.45) is 0 Å². The highest BCUT2D eigenvalue weighted by Crippen LogP contribution is 2.33. The second kappa shape index (κ2) is 7.17. The molecule has 1 aliphatic rings. The van der Waals surface area contributed by atoms with Gasteiger partial charge in [-0.15, -0.1) is 11.3 Å². The predicted molar refractivity (Wildman–Crippen MR) is 103 cm³/mol. The van der Waals surface area contributed by atoms with Crippen molar-refractivity contribution in [3.8, 4) is 0 Å². The summed E-state index contributed by atoms with van der Waals surface area (Å²) < 4.78 is 13.2. The molecule has 6 heteroatoms. The Kier molecular flexibility index (Phi) is 4.56. The van der Waals surface area contributed by atoms with Crippen LogP contribution in [0.5, 0.6) is 0 Å². The molecular weight excluding hydrogens is 363 g/mol. The number of nitrogens with zero attached hydrogens (tertiary/aromatic N) is 1. The van der Waals surface area contributed by atoms with Crippen molar-refractivity contribution in [2.45, 2.75) is 6.54 Å². The number of benzene rings is 2. The van der Waals surface area contributed by atoms with Crippen LogP contribution in [-0.4, -0.2) is 16.7 Å². The zero-order valence-electron chi connectivity index (χ0n) is 14.2. The number of anilines is 1. The van der Waals surface area contributed by atoms with Crippen LogP contribution >= 0.6 is 11.3 Å². The van der Waals surface area contributed by atoms with Crippen molar-refractivity contribution in [3.05, 3.63) is 94.1 Å². The Hall–Kier alpha value is -3.25. The van der Waals surface area contributed by atoms with Gasteiger partial charge in [0.15, 0.2) is 0 Å². The minimum atomic E-state index is -0.392. The summed E-state index contributed by atoms with van der Waals surface area (Å²) in [6, 6.07) is 18.7. The van der Waals surface area contributed by atoms with E-state index >= 15 is 0 Å². The normalized spacial score (nSPS) is 14.2. The quantitative estimate of drug-likeness (QED) is 0.674. The molecular formula is C21H15FN2O2S. The van der Waals surface area contributed by atoms with Gasteiger partial charge in [-0.3, -0.25) is 14.5 Å². The molecule has 0 atom stereocenters. The summed E-state index contributed by atoms with van der Waals surface area (Å²) in [5.74, 6) is -1.10. The van der Waals surface area contributed by atoms with Gasteiger partial charge in [-0.2, -0.15) is 0 Å². The molecule has 0 bridgehead atoms. The van der Waals surface area contributed by atoms with Gasteiger partial charge in [0.2, 0.25) is 0 Å². The third-order valence-corrected chi connectivity index (χ3v) is 5.12. The number of carbonyl (C=O) groups is 2. The molecule has 0 saturated heterocycles. The molecule has 0 fully saturated rings. The Morgan fingerprint density at radius 2 is 1.63 bits per heavy atom. The summed E-state index contributed by atoms with van der Waals surface area (Å²) in [6.07, 6.45) is 0. The molecule has 4 nitrogen and oxygen atoms in total. The first-order chi connectivity index (χ1) is 13.1. The lowest BCUT2D eigenvalue weighted by molar-refractivity contribution is -0.137. The number of hydrogen-bond acceptors (Lipinski definition) is 4. The lowest BCUT2D eigenvalue weighted by atomic mass is 10.2. The molecule has 2 amide bonds. The van der Waals surface area contributed by atoms with Crippen molar-refractivity contribution in [1.82, 2.24) is 4.90 Å². The first-order valence-electron chi connectivity index (χ1n) is 8.34. The van der Waals surface area contributed by atoms with Gasteiger partial charge in [0.25, 0.3) is 11.8 Å². The van der Waals surface area contributed by atoms with Crippen LogP contribution in [-0.2, 0) is 16.1 Å². The monoisotopic (exact) mass is 378 g/mol. The number of nitrogens with one attached hydrogen (secondary N) is 1. The maximum Gasteiger partial charge on any atom is 0.278 e. The van der Waals surface area contributed by atoms with Gasteiger partial charge in [0.1, 0.15) is 11.5 Å². The molecule has 2 heterocycles. The Morgan fingerprint density at radius 1 is 0.889 bits per heavy atom. The van der Waals surface area contributed by atoms with Crippen LogP contribution in [0.25, 0.3) is 5.57 Å². The van der Waals surface area contributed by atoms with Gasteiger partial charge in [0.05, 0.1) is 12.1 Å². The summed E-state index contributed by atoms with van der Waals surface area (Å²) in [4.78, 5) is 28.0. The van der Waals surface area contributed by atoms with Gasteiger partial charge in [-0.05, 0) is 41.3 Å². The Labute approximate surface area is 159 Å². The van der Waals surface area contributed by atoms with Crippen molar-refractivity contribution in [2.75, 3.05) is 5.32 Å². The zero-order chi connectivity index (χ0) is 18.8. The van der Waals surface area contributed by atoms with Crippen molar-refractivity contribution >= 4 is 34.4 Å². The van der Waals surface area contributed by atoms with E-state index in [-0.39, 0.29) is 24.0 Å². The molecule has 1 N–H and O–H groups in total. The minimum Gasteiger partial charge on any atom is -0.350 e. The highest BCUT2D eigenvalue weighted by atomic mass is 32.1. The summed E-state index contributed by atoms with van der Waals surface area (Å²) in [7, 11) is 0. The zero-order valence-corrected chi connectivity index (χ0v) is 15.0. The molecule has 1 aromatic heterocycles. The van der Waals surface area contributed by atoms with E-state index in [0.717, 1.165) is 5.56 Å². The number of imide groups is 1. The molecule has 134 valence electrons. The average Bonchev–Trinajstić information content (AvgIpc) is 3.28. The smallest absolute Gasteiger partial charge is 0.278 e. The average molecular weight is 378 g/mol. The second-order valence-electron chi connectivity index (χ2n) is 6.04. The molecule has 1 aliphatic heterocycles. The number of rotatable bonds is 5. The highest BCUT2D eigenvalue weighted by molar-refractivity contribution is 7.11. The number of thiophene rings is 1. The fourth-order valence-electron chi connectivity index (χ4n) is 2.93. The molecule has 0 saturated carbocycles. The molecule has 27 heavy (non-hydrogen) atoms. The maximum atomic E-state index is 13.2. The Morgan fingerprint density at radius 3 is 2.30 bits per heavy atom. The van der Waals surface area contributed by atoms with Crippen LogP contribution in [0.2, 0.25) is 0 Å². The van der Waals surface area contributed by atoms with Gasteiger partial charge in [0, 0.05) is 10.6 Å². The van der Waals surface area contributed by atoms with E-state index in [9.17, 15) is 14.0 Å². The van der Waals surface area contributed by atoms with E-state index in [0.29, 0.717) is 16.1 Å². The lowest BCUT2D eigenvalue weighted by Gasteiger charge is -2.15. The third kappa shape index (κ3) is 3.39. The molecule has 0 aliphatic carbocycles. The fourth-order valence-corrected chi connectivity index (χ4v) is 3.70. The largest absolute Gasteiger partial charge is 0.350 e. The number of hydrogen-bond donors (Lipinski definition) is 1. The number of amides is 2. The van der Waals surface area contributed by atoms with Crippen molar-refractivity contribution < 1.29 is 14.0 Å². The van der Waals surface area contributed by atoms with E-state index in [1.54, 1.807) is 0 Å². The van der Waals surface area contributed by atoms with Gasteiger partial charge >= 0.3 is 0 Å².